The third-order valence-electron chi connectivity index (χ3n) is 9.28. The van der Waals surface area contributed by atoms with Crippen LogP contribution in [0.15, 0.2) is 14.4 Å². The van der Waals surface area contributed by atoms with Crippen LogP contribution in [-0.2, 0) is 33.8 Å². The maximum Gasteiger partial charge on any atom is 0.336 e. The molecule has 4 rings (SSSR count). The first-order valence-corrected chi connectivity index (χ1v) is 18.4. The Morgan fingerprint density at radius 1 is 0.438 bits per heavy atom. The molecule has 3 aliphatic heterocycles. The Labute approximate surface area is 288 Å². The summed E-state index contributed by atoms with van der Waals surface area (Å²) in [7, 11) is 0. The van der Waals surface area contributed by atoms with Crippen molar-refractivity contribution in [2.24, 2.45) is 35.5 Å². The number of epoxide rings is 3. The smallest absolute Gasteiger partial charge is 0.336 e. The Kier molecular flexibility index (Phi) is 12.3. The predicted octanol–water partition coefficient (Wildman–Crippen LogP) is 3.19. The largest absolute Gasteiger partial charge is 0.351 e. The van der Waals surface area contributed by atoms with Crippen LogP contribution in [0.4, 0.5) is 0 Å². The molecule has 0 bridgehead atoms. The van der Waals surface area contributed by atoms with Gasteiger partial charge in [-0.1, -0.05) is 83.1 Å². The molecule has 3 fully saturated rings. The molecule has 48 heavy (non-hydrogen) atoms. The van der Waals surface area contributed by atoms with Gasteiger partial charge in [0.25, 0.3) is 0 Å². The zero-order chi connectivity index (χ0) is 35.8. The van der Waals surface area contributed by atoms with E-state index in [9.17, 15) is 14.4 Å². The molecule has 0 aliphatic carbocycles. The molecule has 0 aromatic carbocycles. The maximum atomic E-state index is 14.4. The number of aromatic nitrogens is 3. The Morgan fingerprint density at radius 2 is 0.604 bits per heavy atom. The van der Waals surface area contributed by atoms with Gasteiger partial charge >= 0.3 is 17.1 Å². The van der Waals surface area contributed by atoms with Crippen LogP contribution in [0.25, 0.3) is 0 Å². The van der Waals surface area contributed by atoms with Crippen molar-refractivity contribution < 1.29 is 14.2 Å². The fraction of sp³-hybridized carbons (Fsp3) is 0.917. The standard InChI is InChI=1S/C36H66N6O6/c1-25(2)13-37(14-26(3)4)34(22-46-34)19-40-31(43)41(20-35(23-47-35)38(15-27(5)6)16-28(7)8)33(45)42(32(40)44)21-36(24-48-36)39(17-29(9)10)18-30(11)12/h25-30H,13-24H2,1-12H3. The summed E-state index contributed by atoms with van der Waals surface area (Å²) < 4.78 is 22.1. The van der Waals surface area contributed by atoms with Crippen molar-refractivity contribution in [3.8, 4) is 0 Å². The van der Waals surface area contributed by atoms with E-state index in [0.29, 0.717) is 55.3 Å². The van der Waals surface area contributed by atoms with Crippen molar-refractivity contribution in [2.45, 2.75) is 120 Å². The molecule has 1 aromatic heterocycles. The van der Waals surface area contributed by atoms with E-state index in [0.717, 1.165) is 39.3 Å². The summed E-state index contributed by atoms with van der Waals surface area (Å²) in [5.74, 6) is 2.20. The van der Waals surface area contributed by atoms with Crippen LogP contribution in [0, 0.1) is 35.5 Å². The lowest BCUT2D eigenvalue weighted by Gasteiger charge is -2.34. The SMILES string of the molecule is CC(C)CN(CC(C)C)C1(Cn2c(=O)n(CC3(N(CC(C)C)CC(C)C)CO3)c(=O)n(CC3(N(CC(C)C)CC(C)C)CO3)c2=O)CO1. The van der Waals surface area contributed by atoms with Gasteiger partial charge in [0.15, 0.2) is 17.2 Å². The van der Waals surface area contributed by atoms with Crippen molar-refractivity contribution in [3.05, 3.63) is 31.5 Å². The van der Waals surface area contributed by atoms with Crippen LogP contribution in [0.1, 0.15) is 83.1 Å². The second-order valence-electron chi connectivity index (χ2n) is 17.4. The second-order valence-corrected chi connectivity index (χ2v) is 17.4. The summed E-state index contributed by atoms with van der Waals surface area (Å²) >= 11 is 0. The van der Waals surface area contributed by atoms with Crippen molar-refractivity contribution in [3.63, 3.8) is 0 Å². The van der Waals surface area contributed by atoms with Gasteiger partial charge in [-0.2, -0.15) is 0 Å². The minimum Gasteiger partial charge on any atom is -0.351 e. The van der Waals surface area contributed by atoms with E-state index in [1.54, 1.807) is 0 Å². The van der Waals surface area contributed by atoms with Gasteiger partial charge in [0, 0.05) is 39.3 Å². The highest BCUT2D eigenvalue weighted by molar-refractivity contribution is 5.00. The Bertz CT molecular complexity index is 1170. The summed E-state index contributed by atoms with van der Waals surface area (Å²) in [4.78, 5) is 50.1. The van der Waals surface area contributed by atoms with E-state index < -0.39 is 34.2 Å². The summed E-state index contributed by atoms with van der Waals surface area (Å²) in [5.41, 5.74) is -4.16. The molecule has 0 spiro atoms. The number of hydrogen-bond acceptors (Lipinski definition) is 9. The highest BCUT2D eigenvalue weighted by atomic mass is 16.6. The van der Waals surface area contributed by atoms with Crippen molar-refractivity contribution >= 4 is 0 Å². The van der Waals surface area contributed by atoms with E-state index in [2.05, 4.69) is 97.8 Å². The lowest BCUT2D eigenvalue weighted by atomic mass is 10.1. The summed E-state index contributed by atoms with van der Waals surface area (Å²) in [5, 5.41) is 0. The van der Waals surface area contributed by atoms with Crippen LogP contribution in [0.3, 0.4) is 0 Å². The molecule has 0 N–H and O–H groups in total. The van der Waals surface area contributed by atoms with Gasteiger partial charge < -0.3 is 14.2 Å². The molecule has 12 heteroatoms. The number of ether oxygens (including phenoxy) is 3. The molecule has 276 valence electrons. The highest BCUT2D eigenvalue weighted by Crippen LogP contribution is 2.37. The topological polar surface area (TPSA) is 113 Å². The third kappa shape index (κ3) is 9.28. The van der Waals surface area contributed by atoms with Crippen LogP contribution in [0.5, 0.6) is 0 Å². The van der Waals surface area contributed by atoms with Gasteiger partial charge in [0.1, 0.15) is 0 Å². The highest BCUT2D eigenvalue weighted by Gasteiger charge is 2.55. The fourth-order valence-electron chi connectivity index (χ4n) is 7.07. The lowest BCUT2D eigenvalue weighted by molar-refractivity contribution is 0.0275. The molecule has 3 saturated heterocycles. The molecule has 0 amide bonds. The van der Waals surface area contributed by atoms with Crippen LogP contribution in [-0.4, -0.2) is 105 Å². The molecular weight excluding hydrogens is 612 g/mol. The van der Waals surface area contributed by atoms with Gasteiger partial charge in [0.05, 0.1) is 39.5 Å². The van der Waals surface area contributed by atoms with Crippen molar-refractivity contribution in [2.75, 3.05) is 59.1 Å². The minimum absolute atomic E-state index is 0.0511. The Morgan fingerprint density at radius 3 is 0.729 bits per heavy atom. The second kappa shape index (κ2) is 15.2. The van der Waals surface area contributed by atoms with Gasteiger partial charge in [-0.25, -0.2) is 28.1 Å². The van der Waals surface area contributed by atoms with E-state index in [1.165, 1.54) is 13.7 Å². The lowest BCUT2D eigenvalue weighted by Crippen LogP contribution is -2.61. The fourth-order valence-corrected chi connectivity index (χ4v) is 7.07. The molecular formula is C36H66N6O6. The molecule has 3 atom stereocenters. The van der Waals surface area contributed by atoms with Crippen molar-refractivity contribution in [1.82, 2.24) is 28.4 Å². The van der Waals surface area contributed by atoms with Gasteiger partial charge in [-0.3, -0.25) is 14.7 Å². The molecule has 1 aromatic rings. The first kappa shape index (κ1) is 39.0. The average Bonchev–Trinajstić information content (AvgIpc) is 3.84. The first-order valence-electron chi connectivity index (χ1n) is 18.4. The van der Waals surface area contributed by atoms with Crippen LogP contribution < -0.4 is 17.1 Å². The number of nitrogens with zero attached hydrogens (tertiary/aromatic N) is 6. The summed E-state index contributed by atoms with van der Waals surface area (Å²) in [6.07, 6.45) is 0. The molecule has 4 heterocycles. The van der Waals surface area contributed by atoms with Crippen molar-refractivity contribution in [1.29, 1.82) is 0 Å². The van der Waals surface area contributed by atoms with Crippen LogP contribution in [0.2, 0.25) is 0 Å². The van der Waals surface area contributed by atoms with Crippen LogP contribution >= 0.6 is 0 Å². The van der Waals surface area contributed by atoms with E-state index in [-0.39, 0.29) is 19.6 Å². The zero-order valence-corrected chi connectivity index (χ0v) is 32.1. The van der Waals surface area contributed by atoms with Gasteiger partial charge in [-0.15, -0.1) is 0 Å². The third-order valence-corrected chi connectivity index (χ3v) is 9.28. The van der Waals surface area contributed by atoms with Gasteiger partial charge in [0.2, 0.25) is 0 Å². The normalized spacial score (nSPS) is 25.4. The molecule has 3 aliphatic rings. The monoisotopic (exact) mass is 679 g/mol. The Hall–Kier alpha value is -1.83. The minimum atomic E-state index is -0.776. The average molecular weight is 679 g/mol. The van der Waals surface area contributed by atoms with E-state index >= 15 is 0 Å². The maximum absolute atomic E-state index is 14.4. The molecule has 12 nitrogen and oxygen atoms in total. The molecule has 0 radical (unpaired) electrons. The number of rotatable bonds is 21. The quantitative estimate of drug-likeness (QED) is 0.181. The first-order chi connectivity index (χ1) is 22.3. The summed E-state index contributed by atoms with van der Waals surface area (Å²) in [6.45, 7) is 32.0. The van der Waals surface area contributed by atoms with E-state index in [1.807, 2.05) is 0 Å². The molecule has 0 saturated carbocycles. The number of hydrogen-bond donors (Lipinski definition) is 0. The Balaban J connectivity index is 1.83. The zero-order valence-electron chi connectivity index (χ0n) is 32.1. The van der Waals surface area contributed by atoms with E-state index in [4.69, 9.17) is 14.2 Å². The summed E-state index contributed by atoms with van der Waals surface area (Å²) in [6, 6.07) is 0. The predicted molar refractivity (Wildman–Crippen MR) is 189 cm³/mol. The van der Waals surface area contributed by atoms with Gasteiger partial charge in [-0.05, 0) is 35.5 Å². The molecule has 3 unspecified atom stereocenters.